The zero-order valence-corrected chi connectivity index (χ0v) is 12.1. The van der Waals surface area contributed by atoms with E-state index in [1.54, 1.807) is 4.90 Å². The fraction of sp³-hybridized carbons (Fsp3) is 0.444. The molecule has 1 N–H and O–H groups in total. The average Bonchev–Trinajstić information content (AvgIpc) is 2.43. The molecule has 1 aromatic rings. The summed E-state index contributed by atoms with van der Waals surface area (Å²) in [4.78, 5) is 14.6. The van der Waals surface area contributed by atoms with Crippen LogP contribution in [0.5, 0.6) is 0 Å². The van der Waals surface area contributed by atoms with E-state index in [0.29, 0.717) is 6.04 Å². The smallest absolute Gasteiger partial charge is 0.264 e. The maximum Gasteiger partial charge on any atom is 0.264 e. The molecule has 15 heavy (non-hydrogen) atoms. The molecule has 0 aliphatic carbocycles. The molecule has 1 amide bonds. The number of halogens is 2. The lowest BCUT2D eigenvalue weighted by Crippen LogP contribution is -2.57. The van der Waals surface area contributed by atoms with E-state index >= 15 is 0 Å². The zero-order chi connectivity index (χ0) is 11.0. The highest BCUT2D eigenvalue weighted by Gasteiger charge is 2.27. The molecule has 1 saturated heterocycles. The molecule has 2 heterocycles. The normalized spacial score (nSPS) is 16.2. The van der Waals surface area contributed by atoms with Crippen molar-refractivity contribution in [1.82, 2.24) is 10.2 Å². The van der Waals surface area contributed by atoms with E-state index < -0.39 is 0 Å². The molecule has 82 valence electrons. The van der Waals surface area contributed by atoms with Gasteiger partial charge in [0.25, 0.3) is 5.91 Å². The minimum Gasteiger partial charge on any atom is -0.335 e. The molecule has 1 aliphatic heterocycles. The van der Waals surface area contributed by atoms with Gasteiger partial charge in [0.15, 0.2) is 0 Å². The van der Waals surface area contributed by atoms with Crippen molar-refractivity contribution < 1.29 is 4.79 Å². The maximum absolute atomic E-state index is 12.0. The second-order valence-corrected chi connectivity index (χ2v) is 6.68. The molecule has 1 fully saturated rings. The molecule has 0 bridgehead atoms. The summed E-state index contributed by atoms with van der Waals surface area (Å²) in [5, 5.41) is 3.16. The van der Waals surface area contributed by atoms with Crippen molar-refractivity contribution in [1.29, 1.82) is 0 Å². The Kier molecular flexibility index (Phi) is 3.49. The SMILES string of the molecule is CN(C(=O)c1cc(Br)c(Br)s1)C1CNC1. The third-order valence-electron chi connectivity index (χ3n) is 2.48. The van der Waals surface area contributed by atoms with Crippen LogP contribution in [-0.2, 0) is 0 Å². The van der Waals surface area contributed by atoms with Crippen LogP contribution in [0, 0.1) is 0 Å². The Labute approximate surface area is 109 Å². The van der Waals surface area contributed by atoms with Gasteiger partial charge in [0.05, 0.1) is 14.7 Å². The Bertz CT molecular complexity index is 370. The van der Waals surface area contributed by atoms with Crippen LogP contribution >= 0.6 is 43.2 Å². The highest BCUT2D eigenvalue weighted by Crippen LogP contribution is 2.33. The van der Waals surface area contributed by atoms with Gasteiger partial charge in [0, 0.05) is 24.6 Å². The lowest BCUT2D eigenvalue weighted by molar-refractivity contribution is 0.0686. The Morgan fingerprint density at radius 1 is 1.60 bits per heavy atom. The number of thiophene rings is 1. The number of carbonyl (C=O) groups excluding carboxylic acids is 1. The Morgan fingerprint density at radius 3 is 2.67 bits per heavy atom. The number of rotatable bonds is 2. The van der Waals surface area contributed by atoms with Crippen molar-refractivity contribution >= 4 is 49.1 Å². The number of hydrogen-bond donors (Lipinski definition) is 1. The molecule has 3 nitrogen and oxygen atoms in total. The van der Waals surface area contributed by atoms with Crippen LogP contribution in [0.15, 0.2) is 14.3 Å². The summed E-state index contributed by atoms with van der Waals surface area (Å²) in [6.45, 7) is 1.80. The third-order valence-corrected chi connectivity index (χ3v) is 5.73. The van der Waals surface area contributed by atoms with Crippen LogP contribution in [0.1, 0.15) is 9.67 Å². The van der Waals surface area contributed by atoms with Crippen LogP contribution in [-0.4, -0.2) is 37.0 Å². The van der Waals surface area contributed by atoms with Gasteiger partial charge < -0.3 is 10.2 Å². The largest absolute Gasteiger partial charge is 0.335 e. The fourth-order valence-corrected chi connectivity index (χ4v) is 3.36. The van der Waals surface area contributed by atoms with E-state index in [1.165, 1.54) is 11.3 Å². The van der Waals surface area contributed by atoms with E-state index in [4.69, 9.17) is 0 Å². The van der Waals surface area contributed by atoms with E-state index in [1.807, 2.05) is 13.1 Å². The molecule has 0 spiro atoms. The molecular formula is C9H10Br2N2OS. The van der Waals surface area contributed by atoms with Crippen LogP contribution in [0.25, 0.3) is 0 Å². The number of nitrogens with zero attached hydrogens (tertiary/aromatic N) is 1. The van der Waals surface area contributed by atoms with Crippen molar-refractivity contribution in [2.24, 2.45) is 0 Å². The van der Waals surface area contributed by atoms with Crippen molar-refractivity contribution in [2.45, 2.75) is 6.04 Å². The van der Waals surface area contributed by atoms with Gasteiger partial charge in [-0.3, -0.25) is 4.79 Å². The maximum atomic E-state index is 12.0. The Hall–Kier alpha value is 0.0900. The molecule has 0 radical (unpaired) electrons. The minimum atomic E-state index is 0.0953. The molecule has 0 aromatic carbocycles. The summed E-state index contributed by atoms with van der Waals surface area (Å²) in [5.74, 6) is 0.0953. The quantitative estimate of drug-likeness (QED) is 0.884. The summed E-state index contributed by atoms with van der Waals surface area (Å²) >= 11 is 8.23. The van der Waals surface area contributed by atoms with Crippen molar-refractivity contribution in [3.8, 4) is 0 Å². The molecule has 1 aliphatic rings. The van der Waals surface area contributed by atoms with Gasteiger partial charge in [-0.1, -0.05) is 0 Å². The Morgan fingerprint density at radius 2 is 2.27 bits per heavy atom. The number of likely N-dealkylation sites (N-methyl/N-ethyl adjacent to an activating group) is 1. The van der Waals surface area contributed by atoms with Gasteiger partial charge in [-0.25, -0.2) is 0 Å². The zero-order valence-electron chi connectivity index (χ0n) is 8.09. The Balaban J connectivity index is 2.12. The summed E-state index contributed by atoms with van der Waals surface area (Å²) in [5.41, 5.74) is 0. The first-order chi connectivity index (χ1) is 7.09. The number of amides is 1. The predicted octanol–water partition coefficient (Wildman–Crippen LogP) is 2.32. The van der Waals surface area contributed by atoms with Gasteiger partial charge in [-0.05, 0) is 37.9 Å². The molecule has 0 saturated carbocycles. The molecule has 2 rings (SSSR count). The third kappa shape index (κ3) is 2.27. The van der Waals surface area contributed by atoms with Gasteiger partial charge in [-0.15, -0.1) is 11.3 Å². The van der Waals surface area contributed by atoms with Gasteiger partial charge in [-0.2, -0.15) is 0 Å². The van der Waals surface area contributed by atoms with Crippen LogP contribution < -0.4 is 5.32 Å². The van der Waals surface area contributed by atoms with E-state index in [9.17, 15) is 4.79 Å². The predicted molar refractivity (Wildman–Crippen MR) is 68.5 cm³/mol. The van der Waals surface area contributed by atoms with Crippen LogP contribution in [0.3, 0.4) is 0 Å². The summed E-state index contributed by atoms with van der Waals surface area (Å²) < 4.78 is 1.90. The first kappa shape index (κ1) is 11.6. The first-order valence-electron chi connectivity index (χ1n) is 4.52. The standard InChI is InChI=1S/C9H10Br2N2OS/c1-13(5-3-12-4-5)9(14)7-2-6(10)8(11)15-7/h2,5,12H,3-4H2,1H3. The number of nitrogens with one attached hydrogen (secondary N) is 1. The molecule has 0 atom stereocenters. The minimum absolute atomic E-state index is 0.0953. The van der Waals surface area contributed by atoms with Gasteiger partial charge in [0.1, 0.15) is 0 Å². The number of hydrogen-bond acceptors (Lipinski definition) is 3. The lowest BCUT2D eigenvalue weighted by Gasteiger charge is -2.35. The van der Waals surface area contributed by atoms with Crippen molar-refractivity contribution in [3.05, 3.63) is 19.2 Å². The average molecular weight is 354 g/mol. The van der Waals surface area contributed by atoms with Crippen molar-refractivity contribution in [3.63, 3.8) is 0 Å². The van der Waals surface area contributed by atoms with Crippen molar-refractivity contribution in [2.75, 3.05) is 20.1 Å². The van der Waals surface area contributed by atoms with E-state index in [-0.39, 0.29) is 5.91 Å². The highest BCUT2D eigenvalue weighted by atomic mass is 79.9. The van der Waals surface area contributed by atoms with Gasteiger partial charge in [0.2, 0.25) is 0 Å². The molecular weight excluding hydrogens is 344 g/mol. The highest BCUT2D eigenvalue weighted by molar-refractivity contribution is 9.13. The second kappa shape index (κ2) is 4.53. The van der Waals surface area contributed by atoms with Crippen LogP contribution in [0.4, 0.5) is 0 Å². The van der Waals surface area contributed by atoms with Crippen LogP contribution in [0.2, 0.25) is 0 Å². The summed E-state index contributed by atoms with van der Waals surface area (Å²) in [6, 6.07) is 2.21. The fourth-order valence-electron chi connectivity index (χ4n) is 1.34. The monoisotopic (exact) mass is 352 g/mol. The topological polar surface area (TPSA) is 32.3 Å². The molecule has 1 aromatic heterocycles. The van der Waals surface area contributed by atoms with E-state index in [0.717, 1.165) is 26.2 Å². The number of carbonyl (C=O) groups is 1. The lowest BCUT2D eigenvalue weighted by atomic mass is 10.1. The first-order valence-corrected chi connectivity index (χ1v) is 6.92. The second-order valence-electron chi connectivity index (χ2n) is 3.46. The summed E-state index contributed by atoms with van der Waals surface area (Å²) in [7, 11) is 1.86. The summed E-state index contributed by atoms with van der Waals surface area (Å²) in [6.07, 6.45) is 0. The molecule has 0 unspecified atom stereocenters. The molecule has 6 heteroatoms. The van der Waals surface area contributed by atoms with E-state index in [2.05, 4.69) is 37.2 Å². The van der Waals surface area contributed by atoms with Gasteiger partial charge >= 0.3 is 0 Å².